The van der Waals surface area contributed by atoms with Gasteiger partial charge in [-0.3, -0.25) is 4.72 Å². The molecule has 2 heterocycles. The Balaban J connectivity index is 1.97. The average Bonchev–Trinajstić information content (AvgIpc) is 2.81. The van der Waals surface area contributed by atoms with Crippen LogP contribution in [0.3, 0.4) is 0 Å². The molecule has 184 valence electrons. The van der Waals surface area contributed by atoms with E-state index in [0.717, 1.165) is 25.6 Å². The Labute approximate surface area is 199 Å². The molecular weight excluding hydrogens is 484 g/mol. The Morgan fingerprint density at radius 2 is 2.00 bits per heavy atom. The zero-order chi connectivity index (χ0) is 25.8. The monoisotopic (exact) mass is 505 g/mol. The number of aryl methyl sites for hydroxylation is 1. The zero-order valence-corrected chi connectivity index (χ0v) is 19.4. The number of halogens is 2. The van der Waals surface area contributed by atoms with Crippen LogP contribution < -0.4 is 25.5 Å². The Bertz CT molecular complexity index is 1500. The van der Waals surface area contributed by atoms with Crippen LogP contribution >= 0.6 is 0 Å². The van der Waals surface area contributed by atoms with Crippen LogP contribution in [0, 0.1) is 12.7 Å². The quantitative estimate of drug-likeness (QED) is 0.297. The van der Waals surface area contributed by atoms with Gasteiger partial charge in [0.1, 0.15) is 17.2 Å². The lowest BCUT2D eigenvalue weighted by Gasteiger charge is -2.13. The summed E-state index contributed by atoms with van der Waals surface area (Å²) in [4.78, 5) is 20.1. The van der Waals surface area contributed by atoms with Crippen molar-refractivity contribution in [2.24, 2.45) is 5.73 Å². The van der Waals surface area contributed by atoms with E-state index in [1.165, 1.54) is 12.1 Å². The minimum absolute atomic E-state index is 0.0977. The molecule has 0 unspecified atom stereocenters. The first-order valence-corrected chi connectivity index (χ1v) is 11.4. The summed E-state index contributed by atoms with van der Waals surface area (Å²) in [5, 5.41) is 0.540. The molecule has 0 amide bonds. The largest absolute Gasteiger partial charge is 0.424 e. The number of benzene rings is 1. The van der Waals surface area contributed by atoms with E-state index in [-0.39, 0.29) is 34.9 Å². The van der Waals surface area contributed by atoms with Crippen LogP contribution in [0.4, 0.5) is 8.78 Å². The lowest BCUT2D eigenvalue weighted by Crippen LogP contribution is -2.33. The average molecular weight is 506 g/mol. The third-order valence-corrected chi connectivity index (χ3v) is 5.85. The van der Waals surface area contributed by atoms with Crippen LogP contribution in [0.25, 0.3) is 11.0 Å². The van der Waals surface area contributed by atoms with Crippen LogP contribution in [-0.4, -0.2) is 25.4 Å². The predicted molar refractivity (Wildman–Crippen MR) is 125 cm³/mol. The molecule has 0 spiro atoms. The predicted octanol–water partition coefficient (Wildman–Crippen LogP) is 2.63. The smallest absolute Gasteiger partial charge is 0.340 e. The molecule has 3 rings (SSSR count). The second kappa shape index (κ2) is 10.4. The molecule has 35 heavy (non-hydrogen) atoms. The van der Waals surface area contributed by atoms with Gasteiger partial charge in [0.2, 0.25) is 0 Å². The van der Waals surface area contributed by atoms with Crippen LogP contribution in [0.2, 0.25) is 0 Å². The summed E-state index contributed by atoms with van der Waals surface area (Å²) < 4.78 is 66.0. The van der Waals surface area contributed by atoms with Crippen molar-refractivity contribution in [1.29, 1.82) is 0 Å². The van der Waals surface area contributed by atoms with E-state index in [1.54, 1.807) is 19.1 Å². The van der Waals surface area contributed by atoms with Gasteiger partial charge in [-0.25, -0.2) is 28.3 Å². The van der Waals surface area contributed by atoms with E-state index in [9.17, 15) is 22.0 Å². The highest BCUT2D eigenvalue weighted by atomic mass is 32.2. The Kier molecular flexibility index (Phi) is 7.62. The molecule has 0 aliphatic carbocycles. The highest BCUT2D eigenvalue weighted by molar-refractivity contribution is 7.87. The number of ether oxygens (including phenoxy) is 1. The van der Waals surface area contributed by atoms with Crippen molar-refractivity contribution in [1.82, 2.24) is 19.4 Å². The first kappa shape index (κ1) is 25.5. The number of nitrogens with two attached hydrogens (primary N) is 1. The molecule has 13 heteroatoms. The molecule has 0 aliphatic rings. The first-order valence-electron chi connectivity index (χ1n) is 9.94. The molecule has 4 N–H and O–H groups in total. The summed E-state index contributed by atoms with van der Waals surface area (Å²) in [6.07, 6.45) is 3.87. The Hall–Kier alpha value is -4.10. The van der Waals surface area contributed by atoms with Gasteiger partial charge in [-0.15, -0.1) is 0 Å². The molecule has 0 atom stereocenters. The summed E-state index contributed by atoms with van der Waals surface area (Å²) >= 11 is 0. The topological polar surface area (TPSA) is 149 Å². The molecular formula is C22H21F2N5O5S. The van der Waals surface area contributed by atoms with Crippen LogP contribution in [0.15, 0.2) is 75.8 Å². The van der Waals surface area contributed by atoms with E-state index >= 15 is 0 Å². The van der Waals surface area contributed by atoms with Gasteiger partial charge in [0.15, 0.2) is 5.82 Å². The molecule has 10 nitrogen and oxygen atoms in total. The summed E-state index contributed by atoms with van der Waals surface area (Å²) in [5.74, 6) is -1.39. The third-order valence-electron chi connectivity index (χ3n) is 4.80. The number of nitrogens with one attached hydrogen (secondary N) is 2. The Morgan fingerprint density at radius 3 is 2.63 bits per heavy atom. The van der Waals surface area contributed by atoms with Gasteiger partial charge in [0.25, 0.3) is 10.2 Å². The van der Waals surface area contributed by atoms with E-state index in [2.05, 4.69) is 16.5 Å². The van der Waals surface area contributed by atoms with Crippen molar-refractivity contribution in [3.05, 3.63) is 93.9 Å². The van der Waals surface area contributed by atoms with Gasteiger partial charge < -0.3 is 14.9 Å². The van der Waals surface area contributed by atoms with Crippen molar-refractivity contribution >= 4 is 21.2 Å². The maximum absolute atomic E-state index is 15.0. The first-order chi connectivity index (χ1) is 16.5. The van der Waals surface area contributed by atoms with Crippen molar-refractivity contribution in [3.63, 3.8) is 0 Å². The van der Waals surface area contributed by atoms with Gasteiger partial charge in [0, 0.05) is 30.5 Å². The van der Waals surface area contributed by atoms with Crippen molar-refractivity contribution in [3.8, 4) is 11.8 Å². The number of hydrogen-bond donors (Lipinski definition) is 3. The zero-order valence-electron chi connectivity index (χ0n) is 18.6. The number of hydrogen-bond acceptors (Lipinski definition) is 8. The number of aromatic nitrogens is 2. The summed E-state index contributed by atoms with van der Waals surface area (Å²) in [5.41, 5.74) is 4.84. The number of rotatable bonds is 9. The maximum Gasteiger partial charge on any atom is 0.340 e. The fourth-order valence-corrected chi connectivity index (χ4v) is 3.59. The molecule has 0 fully saturated rings. The van der Waals surface area contributed by atoms with Crippen LogP contribution in [-0.2, 0) is 16.6 Å². The number of allylic oxidation sites excluding steroid dienone is 3. The Morgan fingerprint density at radius 1 is 1.31 bits per heavy atom. The molecule has 0 saturated heterocycles. The van der Waals surface area contributed by atoms with Crippen molar-refractivity contribution in [2.45, 2.75) is 13.3 Å². The number of fused-ring (bicyclic) bond motifs is 1. The van der Waals surface area contributed by atoms with Gasteiger partial charge >= 0.3 is 11.6 Å². The normalized spacial score (nSPS) is 12.6. The minimum atomic E-state index is -4.01. The van der Waals surface area contributed by atoms with Crippen molar-refractivity contribution in [2.75, 3.05) is 7.05 Å². The molecule has 0 radical (unpaired) electrons. The van der Waals surface area contributed by atoms with Crippen molar-refractivity contribution < 1.29 is 26.4 Å². The number of nitrogens with zero attached hydrogens (tertiary/aromatic N) is 2. The summed E-state index contributed by atoms with van der Waals surface area (Å²) in [6, 6.07) is 4.52. The molecule has 1 aromatic carbocycles. The minimum Gasteiger partial charge on any atom is -0.424 e. The lowest BCUT2D eigenvalue weighted by molar-refractivity contribution is 0.435. The van der Waals surface area contributed by atoms with Crippen LogP contribution in [0.1, 0.15) is 11.1 Å². The summed E-state index contributed by atoms with van der Waals surface area (Å²) in [6.45, 7) is 5.04. The van der Waals surface area contributed by atoms with E-state index in [4.69, 9.17) is 14.9 Å². The molecule has 2 aromatic heterocycles. The molecule has 3 aromatic rings. The standard InChI is InChI=1S/C22H21F2N5O5S/c1-12-17-5-4-16(33-22-27-10-15(23)11-28-22)9-19(17)34-21(30)18(12)8-14(6-7-25)20(24)13(2)29-35(31,32)26-3/h4-7,9-11,26,29H,2,8,25H2,1,3H3/b7-6-,20-14-. The fourth-order valence-electron chi connectivity index (χ4n) is 3.07. The maximum atomic E-state index is 15.0. The van der Waals surface area contributed by atoms with E-state index in [1.807, 2.05) is 9.44 Å². The molecule has 0 saturated carbocycles. The molecule has 0 bridgehead atoms. The second-order valence-electron chi connectivity index (χ2n) is 7.10. The van der Waals surface area contributed by atoms with E-state index < -0.39 is 33.2 Å². The van der Waals surface area contributed by atoms with E-state index in [0.29, 0.717) is 10.9 Å². The highest BCUT2D eigenvalue weighted by Crippen LogP contribution is 2.28. The van der Waals surface area contributed by atoms with Gasteiger partial charge in [0.05, 0.1) is 18.1 Å². The second-order valence-corrected chi connectivity index (χ2v) is 8.72. The highest BCUT2D eigenvalue weighted by Gasteiger charge is 2.18. The third kappa shape index (κ3) is 6.07. The fraction of sp³-hybridized carbons (Fsp3) is 0.136. The molecule has 0 aliphatic heterocycles. The van der Waals surface area contributed by atoms with Gasteiger partial charge in [-0.1, -0.05) is 6.58 Å². The SMILES string of the molecule is C=C(NS(=O)(=O)NC)/C(F)=C(\C=C/N)Cc1c(C)c2ccc(Oc3ncc(F)cn3)cc2oc1=O. The van der Waals surface area contributed by atoms with Gasteiger partial charge in [-0.05, 0) is 42.5 Å². The van der Waals surface area contributed by atoms with Crippen LogP contribution in [0.5, 0.6) is 11.8 Å². The van der Waals surface area contributed by atoms with Gasteiger partial charge in [-0.2, -0.15) is 8.42 Å². The lowest BCUT2D eigenvalue weighted by atomic mass is 9.98. The summed E-state index contributed by atoms with van der Waals surface area (Å²) in [7, 11) is -2.86.